The number of rotatable bonds is 2. The van der Waals surface area contributed by atoms with Crippen LogP contribution in [0.2, 0.25) is 0 Å². The van der Waals surface area contributed by atoms with Crippen molar-refractivity contribution >= 4 is 17.5 Å². The molecular formula is C20H26N2O5. The molecule has 7 heteroatoms. The fourth-order valence-electron chi connectivity index (χ4n) is 4.20. The highest BCUT2D eigenvalue weighted by Gasteiger charge is 2.41. The first-order valence-electron chi connectivity index (χ1n) is 9.49. The Morgan fingerprint density at radius 3 is 2.63 bits per heavy atom. The highest BCUT2D eigenvalue weighted by Crippen LogP contribution is 2.36. The maximum Gasteiger partial charge on any atom is 0.228 e. The topological polar surface area (TPSA) is 68.3 Å². The molecule has 7 nitrogen and oxygen atoms in total. The number of carbonyl (C=O) groups excluding carboxylic acids is 2. The quantitative estimate of drug-likeness (QED) is 0.790. The molecule has 2 saturated heterocycles. The second kappa shape index (κ2) is 6.71. The number of ether oxygens (including phenoxy) is 3. The van der Waals surface area contributed by atoms with Crippen molar-refractivity contribution < 1.29 is 23.8 Å². The van der Waals surface area contributed by atoms with Crippen LogP contribution in [0.1, 0.15) is 27.2 Å². The summed E-state index contributed by atoms with van der Waals surface area (Å²) in [6.45, 7) is 8.48. The van der Waals surface area contributed by atoms with Gasteiger partial charge < -0.3 is 24.0 Å². The smallest absolute Gasteiger partial charge is 0.228 e. The maximum atomic E-state index is 13.0. The lowest BCUT2D eigenvalue weighted by atomic mass is 10.0. The predicted molar refractivity (Wildman–Crippen MR) is 99.1 cm³/mol. The number of fused-ring (bicyclic) bond motifs is 1. The first-order chi connectivity index (χ1) is 12.8. The third-order valence-electron chi connectivity index (χ3n) is 5.19. The van der Waals surface area contributed by atoms with Crippen molar-refractivity contribution in [3.63, 3.8) is 0 Å². The van der Waals surface area contributed by atoms with E-state index < -0.39 is 0 Å². The molecule has 2 fully saturated rings. The van der Waals surface area contributed by atoms with Gasteiger partial charge in [0, 0.05) is 37.8 Å². The molecule has 0 saturated carbocycles. The fraction of sp³-hybridized carbons (Fsp3) is 0.600. The van der Waals surface area contributed by atoms with Crippen LogP contribution in [0, 0.1) is 5.92 Å². The Labute approximate surface area is 159 Å². The normalized spacial score (nSPS) is 27.0. The number of anilines is 1. The van der Waals surface area contributed by atoms with E-state index in [1.54, 1.807) is 4.90 Å². The zero-order chi connectivity index (χ0) is 19.2. The summed E-state index contributed by atoms with van der Waals surface area (Å²) in [5.74, 6) is 1.00. The van der Waals surface area contributed by atoms with Crippen LogP contribution in [-0.4, -0.2) is 61.3 Å². The fourth-order valence-corrected chi connectivity index (χ4v) is 4.20. The summed E-state index contributed by atoms with van der Waals surface area (Å²) >= 11 is 0. The standard InChI is InChI=1S/C20H26N2O5/c1-13-10-21(12-20(2,3)27-13)19(24)14-8-18(23)22(11-14)15-4-5-16-17(9-15)26-7-6-25-16/h4-5,9,13-14H,6-8,10-12H2,1-3H3. The summed E-state index contributed by atoms with van der Waals surface area (Å²) < 4.78 is 17.0. The lowest BCUT2D eigenvalue weighted by Crippen LogP contribution is -2.55. The lowest BCUT2D eigenvalue weighted by molar-refractivity contribution is -0.161. The van der Waals surface area contributed by atoms with Crippen molar-refractivity contribution in [2.45, 2.75) is 38.9 Å². The minimum Gasteiger partial charge on any atom is -0.486 e. The van der Waals surface area contributed by atoms with E-state index in [1.807, 2.05) is 43.9 Å². The zero-order valence-electron chi connectivity index (χ0n) is 16.1. The van der Waals surface area contributed by atoms with Gasteiger partial charge in [-0.2, -0.15) is 0 Å². The number of nitrogens with zero attached hydrogens (tertiary/aromatic N) is 2. The Morgan fingerprint density at radius 2 is 1.89 bits per heavy atom. The van der Waals surface area contributed by atoms with E-state index in [9.17, 15) is 9.59 Å². The van der Waals surface area contributed by atoms with E-state index in [-0.39, 0.29) is 35.9 Å². The van der Waals surface area contributed by atoms with Crippen LogP contribution in [-0.2, 0) is 14.3 Å². The van der Waals surface area contributed by atoms with Crippen molar-refractivity contribution in [3.8, 4) is 11.5 Å². The van der Waals surface area contributed by atoms with Crippen LogP contribution in [0.4, 0.5) is 5.69 Å². The molecule has 0 N–H and O–H groups in total. The molecule has 2 amide bonds. The van der Waals surface area contributed by atoms with Gasteiger partial charge in [-0.15, -0.1) is 0 Å². The van der Waals surface area contributed by atoms with E-state index in [4.69, 9.17) is 14.2 Å². The first kappa shape index (κ1) is 18.1. The molecule has 1 aromatic carbocycles. The van der Waals surface area contributed by atoms with Gasteiger partial charge in [0.05, 0.1) is 17.6 Å². The summed E-state index contributed by atoms with van der Waals surface area (Å²) in [6.07, 6.45) is 0.225. The monoisotopic (exact) mass is 374 g/mol. The van der Waals surface area contributed by atoms with Gasteiger partial charge in [0.1, 0.15) is 13.2 Å². The third kappa shape index (κ3) is 3.60. The highest BCUT2D eigenvalue weighted by atomic mass is 16.6. The largest absolute Gasteiger partial charge is 0.486 e. The number of amides is 2. The zero-order valence-corrected chi connectivity index (χ0v) is 16.1. The van der Waals surface area contributed by atoms with Gasteiger partial charge in [0.15, 0.2) is 11.5 Å². The summed E-state index contributed by atoms with van der Waals surface area (Å²) in [5.41, 5.74) is 0.376. The van der Waals surface area contributed by atoms with Crippen molar-refractivity contribution in [2.24, 2.45) is 5.92 Å². The van der Waals surface area contributed by atoms with E-state index in [1.165, 1.54) is 0 Å². The van der Waals surface area contributed by atoms with Crippen molar-refractivity contribution in [3.05, 3.63) is 18.2 Å². The van der Waals surface area contributed by atoms with Crippen LogP contribution in [0.15, 0.2) is 18.2 Å². The van der Waals surface area contributed by atoms with Gasteiger partial charge in [-0.25, -0.2) is 0 Å². The van der Waals surface area contributed by atoms with Crippen LogP contribution in [0.5, 0.6) is 11.5 Å². The van der Waals surface area contributed by atoms with Crippen molar-refractivity contribution in [1.29, 1.82) is 0 Å². The maximum absolute atomic E-state index is 13.0. The third-order valence-corrected chi connectivity index (χ3v) is 5.19. The molecule has 2 unspecified atom stereocenters. The molecule has 27 heavy (non-hydrogen) atoms. The predicted octanol–water partition coefficient (Wildman–Crippen LogP) is 1.84. The molecule has 4 rings (SSSR count). The Kier molecular flexibility index (Phi) is 4.50. The van der Waals surface area contributed by atoms with Crippen LogP contribution < -0.4 is 14.4 Å². The molecule has 0 bridgehead atoms. The number of hydrogen-bond donors (Lipinski definition) is 0. The average molecular weight is 374 g/mol. The van der Waals surface area contributed by atoms with Gasteiger partial charge >= 0.3 is 0 Å². The van der Waals surface area contributed by atoms with E-state index in [0.717, 1.165) is 5.69 Å². The van der Waals surface area contributed by atoms with Gasteiger partial charge in [0.25, 0.3) is 0 Å². The SMILES string of the molecule is CC1CN(C(=O)C2CC(=O)N(c3ccc4c(c3)OCCO4)C2)CC(C)(C)O1. The van der Waals surface area contributed by atoms with Gasteiger partial charge in [0.2, 0.25) is 11.8 Å². The Balaban J connectivity index is 1.48. The molecule has 0 aromatic heterocycles. The van der Waals surface area contributed by atoms with Gasteiger partial charge in [-0.05, 0) is 32.9 Å². The van der Waals surface area contributed by atoms with Crippen LogP contribution in [0.3, 0.4) is 0 Å². The van der Waals surface area contributed by atoms with Crippen molar-refractivity contribution in [2.75, 3.05) is 37.7 Å². The summed E-state index contributed by atoms with van der Waals surface area (Å²) in [5, 5.41) is 0. The van der Waals surface area contributed by atoms with Crippen molar-refractivity contribution in [1.82, 2.24) is 4.90 Å². The number of benzene rings is 1. The Hall–Kier alpha value is -2.28. The van der Waals surface area contributed by atoms with Crippen LogP contribution >= 0.6 is 0 Å². The van der Waals surface area contributed by atoms with Gasteiger partial charge in [-0.1, -0.05) is 0 Å². The lowest BCUT2D eigenvalue weighted by Gasteiger charge is -2.42. The highest BCUT2D eigenvalue weighted by molar-refractivity contribution is 6.00. The molecule has 2 atom stereocenters. The Bertz CT molecular complexity index is 763. The minimum absolute atomic E-state index is 0.0105. The number of carbonyl (C=O) groups is 2. The molecule has 0 spiro atoms. The Morgan fingerprint density at radius 1 is 1.15 bits per heavy atom. The van der Waals surface area contributed by atoms with E-state index >= 15 is 0 Å². The molecule has 3 aliphatic rings. The average Bonchev–Trinajstić information content (AvgIpc) is 3.00. The molecule has 1 aromatic rings. The second-order valence-corrected chi connectivity index (χ2v) is 8.14. The summed E-state index contributed by atoms with van der Waals surface area (Å²) in [6, 6.07) is 5.48. The summed E-state index contributed by atoms with van der Waals surface area (Å²) in [7, 11) is 0. The number of hydrogen-bond acceptors (Lipinski definition) is 5. The molecule has 3 heterocycles. The summed E-state index contributed by atoms with van der Waals surface area (Å²) in [4.78, 5) is 29.1. The van der Waals surface area contributed by atoms with E-state index in [0.29, 0.717) is 44.3 Å². The van der Waals surface area contributed by atoms with E-state index in [2.05, 4.69) is 0 Å². The first-order valence-corrected chi connectivity index (χ1v) is 9.49. The molecular weight excluding hydrogens is 348 g/mol. The molecule has 0 radical (unpaired) electrons. The molecule has 3 aliphatic heterocycles. The van der Waals surface area contributed by atoms with Crippen LogP contribution in [0.25, 0.3) is 0 Å². The second-order valence-electron chi connectivity index (χ2n) is 8.14. The number of morpholine rings is 1. The minimum atomic E-state index is -0.370. The molecule has 146 valence electrons. The van der Waals surface area contributed by atoms with Gasteiger partial charge in [-0.3, -0.25) is 9.59 Å². The molecule has 0 aliphatic carbocycles.